The Bertz CT molecular complexity index is 417. The molecule has 0 heterocycles. The number of hydrogen-bond acceptors (Lipinski definition) is 3. The number of amides is 1. The summed E-state index contributed by atoms with van der Waals surface area (Å²) in [5.41, 5.74) is 6.27. The van der Waals surface area contributed by atoms with Crippen molar-refractivity contribution in [1.82, 2.24) is 5.32 Å². The average molecular weight is 262 g/mol. The number of rotatable bonds is 4. The second-order valence-electron chi connectivity index (χ2n) is 5.29. The molecule has 2 rings (SSSR count). The standard InChI is InChI=1S/C15H22N2O2/c1-11-4-2-3-5-14(11)17-15(18)10-19-13-8-6-12(16)7-9-13/h6-9,11,14H,2-5,10,16H2,1H3,(H,17,18)/t11-,14+/m0/s1. The summed E-state index contributed by atoms with van der Waals surface area (Å²) in [4.78, 5) is 11.8. The maximum absolute atomic E-state index is 11.8. The summed E-state index contributed by atoms with van der Waals surface area (Å²) in [7, 11) is 0. The molecule has 4 heteroatoms. The Kier molecular flexibility index (Phi) is 4.66. The van der Waals surface area contributed by atoms with E-state index < -0.39 is 0 Å². The van der Waals surface area contributed by atoms with Crippen molar-refractivity contribution in [1.29, 1.82) is 0 Å². The quantitative estimate of drug-likeness (QED) is 0.819. The number of carbonyl (C=O) groups excluding carboxylic acids is 1. The Balaban J connectivity index is 1.76. The van der Waals surface area contributed by atoms with Crippen molar-refractivity contribution in [2.24, 2.45) is 5.92 Å². The number of nitrogens with two attached hydrogens (primary N) is 1. The van der Waals surface area contributed by atoms with Gasteiger partial charge in [0.05, 0.1) is 0 Å². The summed E-state index contributed by atoms with van der Waals surface area (Å²) in [5.74, 6) is 1.19. The molecule has 2 atom stereocenters. The number of hydrogen-bond donors (Lipinski definition) is 2. The van der Waals surface area contributed by atoms with Crippen LogP contribution in [0.25, 0.3) is 0 Å². The van der Waals surface area contributed by atoms with Crippen LogP contribution < -0.4 is 15.8 Å². The molecule has 1 saturated carbocycles. The van der Waals surface area contributed by atoms with Crippen molar-refractivity contribution in [3.8, 4) is 5.75 Å². The second kappa shape index (κ2) is 6.45. The van der Waals surface area contributed by atoms with E-state index >= 15 is 0 Å². The molecule has 0 radical (unpaired) electrons. The fraction of sp³-hybridized carbons (Fsp3) is 0.533. The third-order valence-corrected chi connectivity index (χ3v) is 3.71. The van der Waals surface area contributed by atoms with Gasteiger partial charge in [0, 0.05) is 11.7 Å². The second-order valence-corrected chi connectivity index (χ2v) is 5.29. The molecule has 0 spiro atoms. The van der Waals surface area contributed by atoms with Crippen molar-refractivity contribution < 1.29 is 9.53 Å². The smallest absolute Gasteiger partial charge is 0.258 e. The van der Waals surface area contributed by atoms with Crippen LogP contribution in [0.5, 0.6) is 5.75 Å². The Morgan fingerprint density at radius 3 is 2.68 bits per heavy atom. The molecule has 1 amide bonds. The third kappa shape index (κ3) is 4.16. The van der Waals surface area contributed by atoms with Crippen LogP contribution >= 0.6 is 0 Å². The molecule has 0 bridgehead atoms. The molecule has 0 unspecified atom stereocenters. The van der Waals surface area contributed by atoms with Crippen molar-refractivity contribution in [2.45, 2.75) is 38.6 Å². The zero-order valence-corrected chi connectivity index (χ0v) is 11.4. The number of benzene rings is 1. The van der Waals surface area contributed by atoms with Gasteiger partial charge in [-0.2, -0.15) is 0 Å². The molecular weight excluding hydrogens is 240 g/mol. The fourth-order valence-corrected chi connectivity index (χ4v) is 2.49. The van der Waals surface area contributed by atoms with Gasteiger partial charge in [-0.05, 0) is 43.0 Å². The Morgan fingerprint density at radius 1 is 1.32 bits per heavy atom. The zero-order valence-electron chi connectivity index (χ0n) is 11.4. The first-order valence-corrected chi connectivity index (χ1v) is 6.93. The fourth-order valence-electron chi connectivity index (χ4n) is 2.49. The summed E-state index contributed by atoms with van der Waals surface area (Å²) >= 11 is 0. The Hall–Kier alpha value is -1.71. The SMILES string of the molecule is C[C@H]1CCCC[C@H]1NC(=O)COc1ccc(N)cc1. The number of anilines is 1. The summed E-state index contributed by atoms with van der Waals surface area (Å²) in [6, 6.07) is 7.36. The largest absolute Gasteiger partial charge is 0.484 e. The predicted molar refractivity (Wildman–Crippen MR) is 75.9 cm³/mol. The van der Waals surface area contributed by atoms with Crippen LogP contribution in [0.15, 0.2) is 24.3 Å². The van der Waals surface area contributed by atoms with E-state index in [2.05, 4.69) is 12.2 Å². The van der Waals surface area contributed by atoms with Gasteiger partial charge in [0.25, 0.3) is 5.91 Å². The van der Waals surface area contributed by atoms with Crippen LogP contribution in [0.4, 0.5) is 5.69 Å². The summed E-state index contributed by atoms with van der Waals surface area (Å²) < 4.78 is 5.43. The highest BCUT2D eigenvalue weighted by Gasteiger charge is 2.22. The van der Waals surface area contributed by atoms with Crippen molar-refractivity contribution in [2.75, 3.05) is 12.3 Å². The van der Waals surface area contributed by atoms with Crippen molar-refractivity contribution in [3.05, 3.63) is 24.3 Å². The molecule has 0 aliphatic heterocycles. The summed E-state index contributed by atoms with van der Waals surface area (Å²) in [6.45, 7) is 2.26. The monoisotopic (exact) mass is 262 g/mol. The van der Waals surface area contributed by atoms with Crippen molar-refractivity contribution >= 4 is 11.6 Å². The van der Waals surface area contributed by atoms with E-state index in [1.807, 2.05) is 0 Å². The Labute approximate surface area is 114 Å². The molecule has 1 aliphatic carbocycles. The van der Waals surface area contributed by atoms with E-state index in [0.717, 1.165) is 6.42 Å². The van der Waals surface area contributed by atoms with Crippen LogP contribution in [-0.4, -0.2) is 18.6 Å². The van der Waals surface area contributed by atoms with Gasteiger partial charge >= 0.3 is 0 Å². The molecule has 19 heavy (non-hydrogen) atoms. The molecular formula is C15H22N2O2. The zero-order chi connectivity index (χ0) is 13.7. The van der Waals surface area contributed by atoms with Gasteiger partial charge in [-0.15, -0.1) is 0 Å². The first-order chi connectivity index (χ1) is 9.15. The van der Waals surface area contributed by atoms with Crippen LogP contribution in [0.3, 0.4) is 0 Å². The van der Waals surface area contributed by atoms with E-state index in [9.17, 15) is 4.79 Å². The van der Waals surface area contributed by atoms with Gasteiger partial charge < -0.3 is 15.8 Å². The molecule has 1 fully saturated rings. The van der Waals surface area contributed by atoms with Crippen LogP contribution in [-0.2, 0) is 4.79 Å². The minimum atomic E-state index is -0.0458. The first-order valence-electron chi connectivity index (χ1n) is 6.93. The number of ether oxygens (including phenoxy) is 1. The highest BCUT2D eigenvalue weighted by atomic mass is 16.5. The van der Waals surface area contributed by atoms with Gasteiger partial charge in [-0.25, -0.2) is 0 Å². The van der Waals surface area contributed by atoms with Gasteiger partial charge in [0.15, 0.2) is 6.61 Å². The van der Waals surface area contributed by atoms with Crippen LogP contribution in [0, 0.1) is 5.92 Å². The third-order valence-electron chi connectivity index (χ3n) is 3.71. The van der Waals surface area contributed by atoms with Gasteiger partial charge in [-0.3, -0.25) is 4.79 Å². The lowest BCUT2D eigenvalue weighted by molar-refractivity contribution is -0.124. The first kappa shape index (κ1) is 13.7. The highest BCUT2D eigenvalue weighted by molar-refractivity contribution is 5.77. The molecule has 0 saturated heterocycles. The molecule has 3 N–H and O–H groups in total. The maximum Gasteiger partial charge on any atom is 0.258 e. The van der Waals surface area contributed by atoms with E-state index in [-0.39, 0.29) is 12.5 Å². The summed E-state index contributed by atoms with van der Waals surface area (Å²) in [5, 5.41) is 3.06. The lowest BCUT2D eigenvalue weighted by Crippen LogP contribution is -2.43. The van der Waals surface area contributed by atoms with E-state index in [1.54, 1.807) is 24.3 Å². The molecule has 0 aromatic heterocycles. The maximum atomic E-state index is 11.8. The number of carbonyl (C=O) groups is 1. The van der Waals surface area contributed by atoms with E-state index in [1.165, 1.54) is 19.3 Å². The van der Waals surface area contributed by atoms with Gasteiger partial charge in [0.1, 0.15) is 5.75 Å². The van der Waals surface area contributed by atoms with Crippen LogP contribution in [0.2, 0.25) is 0 Å². The topological polar surface area (TPSA) is 64.3 Å². The minimum absolute atomic E-state index is 0.0458. The molecule has 1 aliphatic rings. The van der Waals surface area contributed by atoms with Gasteiger partial charge in [-0.1, -0.05) is 19.8 Å². The molecule has 104 valence electrons. The summed E-state index contributed by atoms with van der Waals surface area (Å²) in [6.07, 6.45) is 4.75. The normalized spacial score (nSPS) is 22.8. The van der Waals surface area contributed by atoms with Crippen LogP contribution in [0.1, 0.15) is 32.6 Å². The lowest BCUT2D eigenvalue weighted by atomic mass is 9.86. The van der Waals surface area contributed by atoms with Crippen molar-refractivity contribution in [3.63, 3.8) is 0 Å². The van der Waals surface area contributed by atoms with Gasteiger partial charge in [0.2, 0.25) is 0 Å². The number of nitrogen functional groups attached to an aromatic ring is 1. The highest BCUT2D eigenvalue weighted by Crippen LogP contribution is 2.23. The number of nitrogens with one attached hydrogen (secondary N) is 1. The Morgan fingerprint density at radius 2 is 2.00 bits per heavy atom. The minimum Gasteiger partial charge on any atom is -0.484 e. The predicted octanol–water partition coefficient (Wildman–Crippen LogP) is 2.34. The molecule has 1 aromatic carbocycles. The lowest BCUT2D eigenvalue weighted by Gasteiger charge is -2.29. The molecule has 4 nitrogen and oxygen atoms in total. The average Bonchev–Trinajstić information content (AvgIpc) is 2.41. The molecule has 1 aromatic rings. The van der Waals surface area contributed by atoms with E-state index in [4.69, 9.17) is 10.5 Å². The van der Waals surface area contributed by atoms with E-state index in [0.29, 0.717) is 23.4 Å².